The number of carbonyl (C=O) groups excluding carboxylic acids is 1. The summed E-state index contributed by atoms with van der Waals surface area (Å²) in [6.45, 7) is 1.95. The third kappa shape index (κ3) is 3.19. The van der Waals surface area contributed by atoms with E-state index < -0.39 is 0 Å². The molecule has 1 aromatic heterocycles. The van der Waals surface area contributed by atoms with Crippen molar-refractivity contribution >= 4 is 5.91 Å². The van der Waals surface area contributed by atoms with Crippen LogP contribution in [0.25, 0.3) is 0 Å². The number of nitrogens with one attached hydrogen (secondary N) is 1. The molecule has 1 amide bonds. The Morgan fingerprint density at radius 2 is 2.35 bits per heavy atom. The molecule has 0 bridgehead atoms. The minimum Gasteiger partial charge on any atom is -0.379 e. The zero-order chi connectivity index (χ0) is 13.8. The van der Waals surface area contributed by atoms with Crippen LogP contribution in [0.15, 0.2) is 16.9 Å². The predicted octanol–water partition coefficient (Wildman–Crippen LogP) is 1.38. The molecule has 1 aliphatic carbocycles. The van der Waals surface area contributed by atoms with Crippen LogP contribution in [0.4, 0.5) is 0 Å². The van der Waals surface area contributed by atoms with Crippen LogP contribution >= 0.6 is 0 Å². The molecule has 0 unspecified atom stereocenters. The summed E-state index contributed by atoms with van der Waals surface area (Å²) in [4.78, 5) is 12.0. The van der Waals surface area contributed by atoms with Gasteiger partial charge in [0, 0.05) is 19.3 Å². The fraction of sp³-hybridized carbons (Fsp3) is 0.714. The molecule has 2 fully saturated rings. The number of carbonyl (C=O) groups is 1. The number of rotatable bonds is 5. The van der Waals surface area contributed by atoms with Crippen LogP contribution in [0, 0.1) is 5.92 Å². The van der Waals surface area contributed by atoms with Crippen LogP contribution in [0.2, 0.25) is 0 Å². The number of nitrogens with zero attached hydrogens (tertiary/aromatic N) is 1. The van der Waals surface area contributed by atoms with Crippen molar-refractivity contribution in [3.63, 3.8) is 0 Å². The van der Waals surface area contributed by atoms with Gasteiger partial charge in [0.2, 0.25) is 0 Å². The molecule has 1 saturated heterocycles. The number of hydrogen-bond donors (Lipinski definition) is 1. The van der Waals surface area contributed by atoms with Crippen molar-refractivity contribution in [3.8, 4) is 0 Å². The van der Waals surface area contributed by atoms with Crippen molar-refractivity contribution in [2.24, 2.45) is 5.92 Å². The van der Waals surface area contributed by atoms with Crippen molar-refractivity contribution in [1.29, 1.82) is 0 Å². The molecule has 0 aromatic carbocycles. The summed E-state index contributed by atoms with van der Waals surface area (Å²) in [6, 6.07) is 1.53. The Bertz CT molecular complexity index is 430. The zero-order valence-corrected chi connectivity index (χ0v) is 11.4. The molecule has 1 aromatic rings. The Balaban J connectivity index is 1.52. The Hall–Kier alpha value is -1.40. The topological polar surface area (TPSA) is 73.6 Å². The fourth-order valence-corrected chi connectivity index (χ4v) is 2.53. The van der Waals surface area contributed by atoms with E-state index in [-0.39, 0.29) is 18.1 Å². The Morgan fingerprint density at radius 1 is 1.45 bits per heavy atom. The molecule has 1 aliphatic heterocycles. The van der Waals surface area contributed by atoms with Gasteiger partial charge in [-0.2, -0.15) is 0 Å². The Kier molecular flexibility index (Phi) is 4.32. The van der Waals surface area contributed by atoms with E-state index >= 15 is 0 Å². The van der Waals surface area contributed by atoms with Gasteiger partial charge in [0.25, 0.3) is 5.91 Å². The molecule has 1 saturated carbocycles. The maximum atomic E-state index is 12.0. The summed E-state index contributed by atoms with van der Waals surface area (Å²) in [5, 5.41) is 6.61. The van der Waals surface area contributed by atoms with E-state index in [9.17, 15) is 4.79 Å². The zero-order valence-electron chi connectivity index (χ0n) is 11.4. The molecule has 20 heavy (non-hydrogen) atoms. The smallest absolute Gasteiger partial charge is 0.273 e. The van der Waals surface area contributed by atoms with Gasteiger partial charge in [0.05, 0.1) is 12.6 Å². The van der Waals surface area contributed by atoms with Gasteiger partial charge in [-0.25, -0.2) is 0 Å². The second-order valence-electron chi connectivity index (χ2n) is 5.50. The predicted molar refractivity (Wildman–Crippen MR) is 70.3 cm³/mol. The highest BCUT2D eigenvalue weighted by atomic mass is 16.5. The average molecular weight is 280 g/mol. The quantitative estimate of drug-likeness (QED) is 0.882. The van der Waals surface area contributed by atoms with Gasteiger partial charge in [-0.3, -0.25) is 4.79 Å². The first kappa shape index (κ1) is 13.6. The minimum atomic E-state index is -0.220. The summed E-state index contributed by atoms with van der Waals surface area (Å²) in [7, 11) is 0. The molecule has 3 rings (SSSR count). The molecule has 2 aliphatic rings. The first-order valence-electron chi connectivity index (χ1n) is 7.23. The van der Waals surface area contributed by atoms with E-state index in [0.717, 1.165) is 13.0 Å². The second kappa shape index (κ2) is 6.37. The highest BCUT2D eigenvalue weighted by Gasteiger charge is 2.30. The lowest BCUT2D eigenvalue weighted by molar-refractivity contribution is -0.0819. The summed E-state index contributed by atoms with van der Waals surface area (Å²) in [5.41, 5.74) is 0.300. The molecule has 0 spiro atoms. The fourth-order valence-electron chi connectivity index (χ4n) is 2.53. The van der Waals surface area contributed by atoms with E-state index in [4.69, 9.17) is 9.47 Å². The molecule has 2 heterocycles. The lowest BCUT2D eigenvalue weighted by atomic mass is 9.86. The minimum absolute atomic E-state index is 0.0203. The van der Waals surface area contributed by atoms with Crippen molar-refractivity contribution in [2.75, 3.05) is 19.8 Å². The first-order valence-corrected chi connectivity index (χ1v) is 7.23. The van der Waals surface area contributed by atoms with Crippen LogP contribution in [-0.4, -0.2) is 43.0 Å². The van der Waals surface area contributed by atoms with Crippen LogP contribution in [0.5, 0.6) is 0 Å². The van der Waals surface area contributed by atoms with Gasteiger partial charge in [-0.1, -0.05) is 11.6 Å². The molecular weight excluding hydrogens is 260 g/mol. The lowest BCUT2D eigenvalue weighted by Crippen LogP contribution is -2.50. The van der Waals surface area contributed by atoms with E-state index in [0.29, 0.717) is 24.8 Å². The van der Waals surface area contributed by atoms with Crippen molar-refractivity contribution in [3.05, 3.63) is 18.0 Å². The molecule has 6 heteroatoms. The first-order chi connectivity index (χ1) is 9.83. The van der Waals surface area contributed by atoms with Crippen LogP contribution in [-0.2, 0) is 9.47 Å². The molecule has 110 valence electrons. The Labute approximate surface area is 117 Å². The van der Waals surface area contributed by atoms with Gasteiger partial charge in [0.15, 0.2) is 5.69 Å². The number of aromatic nitrogens is 1. The van der Waals surface area contributed by atoms with Gasteiger partial charge in [-0.15, -0.1) is 0 Å². The normalized spacial score (nSPS) is 27.0. The summed E-state index contributed by atoms with van der Waals surface area (Å²) in [6.07, 6.45) is 5.90. The van der Waals surface area contributed by atoms with Gasteiger partial charge in [-0.05, 0) is 25.2 Å². The largest absolute Gasteiger partial charge is 0.379 e. The number of hydrogen-bond acceptors (Lipinski definition) is 5. The molecule has 1 N–H and O–H groups in total. The van der Waals surface area contributed by atoms with E-state index in [1.807, 2.05) is 0 Å². The number of amides is 1. The van der Waals surface area contributed by atoms with Gasteiger partial charge >= 0.3 is 0 Å². The molecule has 2 atom stereocenters. The monoisotopic (exact) mass is 280 g/mol. The van der Waals surface area contributed by atoms with Crippen molar-refractivity contribution in [2.45, 2.75) is 37.8 Å². The Morgan fingerprint density at radius 3 is 3.05 bits per heavy atom. The summed E-state index contributed by atoms with van der Waals surface area (Å²) < 4.78 is 16.1. The van der Waals surface area contributed by atoms with Crippen molar-refractivity contribution < 1.29 is 18.8 Å². The summed E-state index contributed by atoms with van der Waals surface area (Å²) in [5.74, 6) is 0.465. The van der Waals surface area contributed by atoms with E-state index in [1.165, 1.54) is 25.5 Å². The maximum absolute atomic E-state index is 12.0. The third-order valence-corrected chi connectivity index (χ3v) is 4.06. The second-order valence-corrected chi connectivity index (χ2v) is 5.50. The maximum Gasteiger partial charge on any atom is 0.273 e. The van der Waals surface area contributed by atoms with E-state index in [2.05, 4.69) is 15.0 Å². The third-order valence-electron chi connectivity index (χ3n) is 4.06. The average Bonchev–Trinajstić information content (AvgIpc) is 2.93. The highest BCUT2D eigenvalue weighted by molar-refractivity contribution is 5.92. The number of ether oxygens (including phenoxy) is 2. The molecule has 6 nitrogen and oxygen atoms in total. The molecule has 0 radical (unpaired) electrons. The van der Waals surface area contributed by atoms with Crippen LogP contribution in [0.3, 0.4) is 0 Å². The SMILES string of the molecule is O=C(N[C@@H]1CCOC[C@H]1OCC1CCC1)c1ccon1. The molecular formula is C14H20N2O4. The van der Waals surface area contributed by atoms with Gasteiger partial charge in [0.1, 0.15) is 12.4 Å². The highest BCUT2D eigenvalue weighted by Crippen LogP contribution is 2.27. The van der Waals surface area contributed by atoms with Gasteiger partial charge < -0.3 is 19.3 Å². The lowest BCUT2D eigenvalue weighted by Gasteiger charge is -2.34. The van der Waals surface area contributed by atoms with Crippen LogP contribution in [0.1, 0.15) is 36.2 Å². The van der Waals surface area contributed by atoms with E-state index in [1.54, 1.807) is 6.07 Å². The summed E-state index contributed by atoms with van der Waals surface area (Å²) >= 11 is 0. The van der Waals surface area contributed by atoms with Crippen molar-refractivity contribution in [1.82, 2.24) is 10.5 Å². The van der Waals surface area contributed by atoms with Crippen LogP contribution < -0.4 is 5.32 Å². The standard InChI is InChI=1S/C14H20N2O4/c17-14(12-5-7-20-16-12)15-11-4-6-18-9-13(11)19-8-10-2-1-3-10/h5,7,10-11,13H,1-4,6,8-9H2,(H,15,17)/t11-,13-/m1/s1.